The third-order valence-electron chi connectivity index (χ3n) is 2.92. The van der Waals surface area contributed by atoms with Crippen molar-refractivity contribution in [3.63, 3.8) is 0 Å². The highest BCUT2D eigenvalue weighted by atomic mass is 19.4. The average molecular weight is 326 g/mol. The van der Waals surface area contributed by atoms with Gasteiger partial charge in [-0.25, -0.2) is 0 Å². The monoisotopic (exact) mass is 326 g/mol. The highest BCUT2D eigenvalue weighted by Gasteiger charge is 2.30. The zero-order valence-electron chi connectivity index (χ0n) is 11.8. The van der Waals surface area contributed by atoms with E-state index in [1.54, 1.807) is 6.07 Å². The lowest BCUT2D eigenvalue weighted by atomic mass is 10.1. The van der Waals surface area contributed by atoms with Crippen molar-refractivity contribution >= 4 is 11.8 Å². The van der Waals surface area contributed by atoms with Gasteiger partial charge in [-0.2, -0.15) is 13.2 Å². The number of hydrogen-bond donors (Lipinski definition) is 2. The van der Waals surface area contributed by atoms with Crippen LogP contribution in [0.25, 0.3) is 0 Å². The van der Waals surface area contributed by atoms with E-state index in [0.29, 0.717) is 0 Å². The molecule has 0 fully saturated rings. The molecule has 0 radical (unpaired) electrons. The molecular weight excluding hydrogens is 313 g/mol. The van der Waals surface area contributed by atoms with Gasteiger partial charge in [-0.05, 0) is 36.4 Å². The summed E-state index contributed by atoms with van der Waals surface area (Å²) in [5, 5.41) is 5.02. The number of carbonyl (C=O) groups is 2. The van der Waals surface area contributed by atoms with Gasteiger partial charge >= 0.3 is 6.18 Å². The fourth-order valence-corrected chi connectivity index (χ4v) is 1.76. The normalized spacial score (nSPS) is 11.1. The van der Waals surface area contributed by atoms with Crippen LogP contribution in [0.2, 0.25) is 0 Å². The molecule has 0 bridgehead atoms. The summed E-state index contributed by atoms with van der Waals surface area (Å²) in [5.41, 5.74) is -0.713. The Kier molecular flexibility index (Phi) is 5.05. The topological polar surface area (TPSA) is 71.3 Å². The van der Waals surface area contributed by atoms with E-state index in [1.165, 1.54) is 12.3 Å². The number of alkyl halides is 3. The second-order valence-corrected chi connectivity index (χ2v) is 4.56. The number of carbonyl (C=O) groups excluding carboxylic acids is 2. The Bertz CT molecular complexity index is 664. The van der Waals surface area contributed by atoms with Crippen LogP contribution >= 0.6 is 0 Å². The Balaban J connectivity index is 1.78. The van der Waals surface area contributed by atoms with Crippen LogP contribution in [-0.2, 0) is 6.18 Å². The first-order chi connectivity index (χ1) is 10.9. The van der Waals surface area contributed by atoms with E-state index >= 15 is 0 Å². The lowest BCUT2D eigenvalue weighted by Gasteiger charge is -2.08. The minimum atomic E-state index is -4.44. The van der Waals surface area contributed by atoms with Crippen LogP contribution in [0.4, 0.5) is 13.2 Å². The molecule has 1 aromatic heterocycles. The summed E-state index contributed by atoms with van der Waals surface area (Å²) in [6, 6.07) is 6.94. The minimum Gasteiger partial charge on any atom is -0.459 e. The summed E-state index contributed by atoms with van der Waals surface area (Å²) < 4.78 is 42.1. The van der Waals surface area contributed by atoms with E-state index in [1.807, 2.05) is 0 Å². The molecule has 0 saturated heterocycles. The average Bonchev–Trinajstić information content (AvgIpc) is 3.05. The number of furan rings is 1. The molecule has 23 heavy (non-hydrogen) atoms. The Hall–Kier alpha value is -2.77. The Morgan fingerprint density at radius 3 is 2.09 bits per heavy atom. The summed E-state index contributed by atoms with van der Waals surface area (Å²) in [5.74, 6) is -0.788. The number of rotatable bonds is 5. The molecule has 8 heteroatoms. The molecule has 0 spiro atoms. The molecule has 0 unspecified atom stereocenters. The summed E-state index contributed by atoms with van der Waals surface area (Å²) >= 11 is 0. The largest absolute Gasteiger partial charge is 0.459 e. The minimum absolute atomic E-state index is 0.107. The standard InChI is InChI=1S/C15H13F3N2O3/c16-15(17,18)11-5-3-10(4-6-11)13(21)19-7-8-20-14(22)12-2-1-9-23-12/h1-6,9H,7-8H2,(H,19,21)(H,20,22). The van der Waals surface area contributed by atoms with E-state index in [9.17, 15) is 22.8 Å². The van der Waals surface area contributed by atoms with Crippen molar-refractivity contribution in [3.8, 4) is 0 Å². The number of halogens is 3. The summed E-state index contributed by atoms with van der Waals surface area (Å²) in [4.78, 5) is 23.3. The van der Waals surface area contributed by atoms with Gasteiger partial charge in [0.2, 0.25) is 0 Å². The first-order valence-electron chi connectivity index (χ1n) is 6.65. The number of benzene rings is 1. The van der Waals surface area contributed by atoms with E-state index < -0.39 is 23.6 Å². The van der Waals surface area contributed by atoms with Gasteiger partial charge in [0.1, 0.15) is 0 Å². The summed E-state index contributed by atoms with van der Waals surface area (Å²) in [6.07, 6.45) is -3.08. The Morgan fingerprint density at radius 2 is 1.57 bits per heavy atom. The molecule has 2 aromatic rings. The smallest absolute Gasteiger partial charge is 0.416 e. The van der Waals surface area contributed by atoms with Crippen molar-refractivity contribution in [3.05, 3.63) is 59.5 Å². The number of amides is 2. The van der Waals surface area contributed by atoms with Gasteiger partial charge in [0.05, 0.1) is 11.8 Å². The molecule has 0 aliphatic heterocycles. The van der Waals surface area contributed by atoms with Crippen LogP contribution in [0.5, 0.6) is 0 Å². The van der Waals surface area contributed by atoms with Crippen molar-refractivity contribution in [1.29, 1.82) is 0 Å². The van der Waals surface area contributed by atoms with Crippen LogP contribution in [0.3, 0.4) is 0 Å². The van der Waals surface area contributed by atoms with E-state index in [-0.39, 0.29) is 24.4 Å². The van der Waals surface area contributed by atoms with Crippen molar-refractivity contribution in [2.24, 2.45) is 0 Å². The number of nitrogens with one attached hydrogen (secondary N) is 2. The highest BCUT2D eigenvalue weighted by molar-refractivity contribution is 5.94. The van der Waals surface area contributed by atoms with E-state index in [2.05, 4.69) is 10.6 Å². The molecule has 2 amide bonds. The fourth-order valence-electron chi connectivity index (χ4n) is 1.76. The van der Waals surface area contributed by atoms with Crippen molar-refractivity contribution < 1.29 is 27.2 Å². The van der Waals surface area contributed by atoms with Crippen LogP contribution in [0, 0.1) is 0 Å². The van der Waals surface area contributed by atoms with Gasteiger partial charge in [-0.15, -0.1) is 0 Å². The van der Waals surface area contributed by atoms with Crippen LogP contribution in [0.15, 0.2) is 47.1 Å². The van der Waals surface area contributed by atoms with Gasteiger partial charge in [0, 0.05) is 18.7 Å². The lowest BCUT2D eigenvalue weighted by molar-refractivity contribution is -0.137. The molecule has 5 nitrogen and oxygen atoms in total. The summed E-state index contributed by atoms with van der Waals surface area (Å²) in [7, 11) is 0. The Labute approximate surface area is 129 Å². The zero-order valence-corrected chi connectivity index (χ0v) is 11.8. The molecule has 0 atom stereocenters. The zero-order chi connectivity index (χ0) is 16.9. The third kappa shape index (κ3) is 4.60. The molecular formula is C15H13F3N2O3. The first kappa shape index (κ1) is 16.6. The second kappa shape index (κ2) is 6.99. The molecule has 2 N–H and O–H groups in total. The second-order valence-electron chi connectivity index (χ2n) is 4.56. The predicted octanol–water partition coefficient (Wildman–Crippen LogP) is 2.46. The van der Waals surface area contributed by atoms with Crippen LogP contribution in [0.1, 0.15) is 26.5 Å². The van der Waals surface area contributed by atoms with Crippen LogP contribution in [-0.4, -0.2) is 24.9 Å². The highest BCUT2D eigenvalue weighted by Crippen LogP contribution is 2.28. The molecule has 2 rings (SSSR count). The van der Waals surface area contributed by atoms with Gasteiger partial charge < -0.3 is 15.1 Å². The summed E-state index contributed by atoms with van der Waals surface area (Å²) in [6.45, 7) is 0.290. The lowest BCUT2D eigenvalue weighted by Crippen LogP contribution is -2.34. The third-order valence-corrected chi connectivity index (χ3v) is 2.92. The fraction of sp³-hybridized carbons (Fsp3) is 0.200. The molecule has 0 aliphatic carbocycles. The maximum absolute atomic E-state index is 12.4. The van der Waals surface area contributed by atoms with E-state index in [0.717, 1.165) is 24.3 Å². The maximum atomic E-state index is 12.4. The van der Waals surface area contributed by atoms with Crippen molar-refractivity contribution in [1.82, 2.24) is 10.6 Å². The van der Waals surface area contributed by atoms with Crippen molar-refractivity contribution in [2.75, 3.05) is 13.1 Å². The molecule has 1 aromatic carbocycles. The van der Waals surface area contributed by atoms with Crippen molar-refractivity contribution in [2.45, 2.75) is 6.18 Å². The van der Waals surface area contributed by atoms with Gasteiger partial charge in [0.15, 0.2) is 5.76 Å². The number of hydrogen-bond acceptors (Lipinski definition) is 3. The predicted molar refractivity (Wildman–Crippen MR) is 74.8 cm³/mol. The molecule has 1 heterocycles. The molecule has 0 saturated carbocycles. The Morgan fingerprint density at radius 1 is 0.957 bits per heavy atom. The molecule has 122 valence electrons. The van der Waals surface area contributed by atoms with Crippen LogP contribution < -0.4 is 10.6 Å². The quantitative estimate of drug-likeness (QED) is 0.829. The van der Waals surface area contributed by atoms with Gasteiger partial charge in [-0.3, -0.25) is 9.59 Å². The SMILES string of the molecule is O=C(NCCNC(=O)c1ccco1)c1ccc(C(F)(F)F)cc1. The van der Waals surface area contributed by atoms with Gasteiger partial charge in [0.25, 0.3) is 11.8 Å². The maximum Gasteiger partial charge on any atom is 0.416 e. The molecule has 0 aliphatic rings. The van der Waals surface area contributed by atoms with Gasteiger partial charge in [-0.1, -0.05) is 0 Å². The first-order valence-corrected chi connectivity index (χ1v) is 6.65. The van der Waals surface area contributed by atoms with E-state index in [4.69, 9.17) is 4.42 Å².